The predicted molar refractivity (Wildman–Crippen MR) is 219 cm³/mol. The minimum absolute atomic E-state index is 0.601. The average Bonchev–Trinajstić information content (AvgIpc) is 3.62. The van der Waals surface area contributed by atoms with Crippen LogP contribution in [0.5, 0.6) is 0 Å². The van der Waals surface area contributed by atoms with E-state index in [0.29, 0.717) is 17.5 Å². The summed E-state index contributed by atoms with van der Waals surface area (Å²) in [4.78, 5) is 15.3. The molecule has 0 saturated heterocycles. The van der Waals surface area contributed by atoms with E-state index in [2.05, 4.69) is 133 Å². The van der Waals surface area contributed by atoms with Gasteiger partial charge in [0.05, 0.1) is 0 Å². The Kier molecular flexibility index (Phi) is 6.52. The molecule has 0 aliphatic carbocycles. The van der Waals surface area contributed by atoms with E-state index in [0.717, 1.165) is 55.1 Å². The largest absolute Gasteiger partial charge is 0.455 e. The lowest BCUT2D eigenvalue weighted by Gasteiger charge is -2.12. The molecule has 0 spiro atoms. The van der Waals surface area contributed by atoms with Crippen molar-refractivity contribution in [3.05, 3.63) is 176 Å². The molecule has 0 fully saturated rings. The van der Waals surface area contributed by atoms with Crippen LogP contribution in [-0.2, 0) is 0 Å². The van der Waals surface area contributed by atoms with Crippen molar-refractivity contribution in [2.24, 2.45) is 0 Å². The van der Waals surface area contributed by atoms with Crippen molar-refractivity contribution in [2.75, 3.05) is 0 Å². The van der Waals surface area contributed by atoms with Crippen molar-refractivity contribution in [1.29, 1.82) is 0 Å². The fourth-order valence-corrected chi connectivity index (χ4v) is 8.02. The number of hydrogen-bond acceptors (Lipinski definition) is 4. The topological polar surface area (TPSA) is 51.8 Å². The number of fused-ring (bicyclic) bond motifs is 9. The fraction of sp³-hybridized carbons (Fsp3) is 0. The van der Waals surface area contributed by atoms with Crippen LogP contribution < -0.4 is 0 Å². The first kappa shape index (κ1) is 29.5. The number of nitrogens with zero attached hydrogens (tertiary/aromatic N) is 3. The SMILES string of the molecule is c1ccc(-c2nc(-c3ccc4ccccc4c3)nc(-c3cccc4oc5c(-c6cccc7c6ccc6ccc8ccccc8c67)cccc5c34)n2)cc1. The molecule has 246 valence electrons. The average molecular weight is 676 g/mol. The summed E-state index contributed by atoms with van der Waals surface area (Å²) >= 11 is 0. The van der Waals surface area contributed by atoms with Gasteiger partial charge in [0.25, 0.3) is 0 Å². The molecule has 4 heteroatoms. The summed E-state index contributed by atoms with van der Waals surface area (Å²) in [7, 11) is 0. The highest BCUT2D eigenvalue weighted by molar-refractivity contribution is 6.23. The second-order valence-electron chi connectivity index (χ2n) is 13.5. The van der Waals surface area contributed by atoms with Gasteiger partial charge in [0.1, 0.15) is 11.2 Å². The molecule has 4 nitrogen and oxygen atoms in total. The van der Waals surface area contributed by atoms with Crippen LogP contribution in [-0.4, -0.2) is 15.0 Å². The lowest BCUT2D eigenvalue weighted by atomic mass is 9.91. The quantitative estimate of drug-likeness (QED) is 0.174. The zero-order valence-corrected chi connectivity index (χ0v) is 28.5. The molecule has 0 saturated carbocycles. The molecule has 0 radical (unpaired) electrons. The zero-order valence-electron chi connectivity index (χ0n) is 28.5. The highest BCUT2D eigenvalue weighted by Crippen LogP contribution is 2.43. The van der Waals surface area contributed by atoms with Crippen molar-refractivity contribution in [2.45, 2.75) is 0 Å². The molecular weight excluding hydrogens is 647 g/mol. The van der Waals surface area contributed by atoms with Gasteiger partial charge in [-0.3, -0.25) is 0 Å². The van der Waals surface area contributed by atoms with Crippen molar-refractivity contribution in [3.8, 4) is 45.3 Å². The fourth-order valence-electron chi connectivity index (χ4n) is 8.02. The molecule has 11 aromatic rings. The Bertz CT molecular complexity index is 3240. The molecule has 0 N–H and O–H groups in total. The van der Waals surface area contributed by atoms with Crippen LogP contribution in [0.25, 0.3) is 110 Å². The van der Waals surface area contributed by atoms with Gasteiger partial charge in [-0.2, -0.15) is 0 Å². The maximum absolute atomic E-state index is 6.81. The molecule has 0 amide bonds. The minimum atomic E-state index is 0.601. The van der Waals surface area contributed by atoms with Crippen molar-refractivity contribution >= 4 is 65.0 Å². The molecule has 0 atom stereocenters. The van der Waals surface area contributed by atoms with E-state index in [-0.39, 0.29) is 0 Å². The summed E-state index contributed by atoms with van der Waals surface area (Å²) in [5, 5.41) is 11.7. The Morgan fingerprint density at radius 3 is 1.83 bits per heavy atom. The lowest BCUT2D eigenvalue weighted by Crippen LogP contribution is -2.00. The molecule has 0 bridgehead atoms. The standard InChI is InChI=1S/C49H29N3O/c1-2-13-33(14-3-1)47-50-48(35-26-23-30-11-4-5-15-34(30)29-35)52-49(51-47)42-21-10-22-43-45(42)41-20-9-19-40(46(41)53-43)37-17-8-18-39-38(37)28-27-32-25-24-31-12-6-7-16-36(31)44(32)39/h1-29H. The molecule has 2 heterocycles. The Balaban J connectivity index is 1.14. The van der Waals surface area contributed by atoms with E-state index in [4.69, 9.17) is 19.4 Å². The van der Waals surface area contributed by atoms with Crippen LogP contribution in [0.15, 0.2) is 180 Å². The number of para-hydroxylation sites is 1. The van der Waals surface area contributed by atoms with Crippen LogP contribution in [0.4, 0.5) is 0 Å². The summed E-state index contributed by atoms with van der Waals surface area (Å²) in [5.74, 6) is 1.85. The van der Waals surface area contributed by atoms with E-state index in [1.165, 1.54) is 37.7 Å². The Morgan fingerprint density at radius 2 is 0.943 bits per heavy atom. The third kappa shape index (κ3) is 4.73. The summed E-state index contributed by atoms with van der Waals surface area (Å²) in [6.45, 7) is 0. The van der Waals surface area contributed by atoms with E-state index < -0.39 is 0 Å². The van der Waals surface area contributed by atoms with E-state index >= 15 is 0 Å². The third-order valence-electron chi connectivity index (χ3n) is 10.5. The van der Waals surface area contributed by atoms with Crippen LogP contribution >= 0.6 is 0 Å². The number of hydrogen-bond donors (Lipinski definition) is 0. The van der Waals surface area contributed by atoms with Crippen molar-refractivity contribution in [1.82, 2.24) is 15.0 Å². The number of benzene rings is 9. The van der Waals surface area contributed by atoms with E-state index in [9.17, 15) is 0 Å². The van der Waals surface area contributed by atoms with E-state index in [1.807, 2.05) is 42.5 Å². The normalized spacial score (nSPS) is 11.8. The number of rotatable bonds is 4. The lowest BCUT2D eigenvalue weighted by molar-refractivity contribution is 0.670. The van der Waals surface area contributed by atoms with Crippen molar-refractivity contribution < 1.29 is 4.42 Å². The van der Waals surface area contributed by atoms with Crippen LogP contribution in [0, 0.1) is 0 Å². The molecule has 0 aliphatic rings. The Hall–Kier alpha value is -7.17. The van der Waals surface area contributed by atoms with Gasteiger partial charge in [-0.1, -0.05) is 164 Å². The molecule has 53 heavy (non-hydrogen) atoms. The highest BCUT2D eigenvalue weighted by atomic mass is 16.3. The van der Waals surface area contributed by atoms with Gasteiger partial charge in [0, 0.05) is 33.0 Å². The van der Waals surface area contributed by atoms with Gasteiger partial charge in [-0.05, 0) is 60.8 Å². The van der Waals surface area contributed by atoms with Crippen LogP contribution in [0.2, 0.25) is 0 Å². The highest BCUT2D eigenvalue weighted by Gasteiger charge is 2.20. The van der Waals surface area contributed by atoms with Gasteiger partial charge in [0.2, 0.25) is 0 Å². The molecule has 11 rings (SSSR count). The molecule has 0 unspecified atom stereocenters. The number of aromatic nitrogens is 3. The van der Waals surface area contributed by atoms with Crippen LogP contribution in [0.3, 0.4) is 0 Å². The maximum Gasteiger partial charge on any atom is 0.164 e. The van der Waals surface area contributed by atoms with Gasteiger partial charge in [0.15, 0.2) is 17.5 Å². The zero-order chi connectivity index (χ0) is 34.9. The molecule has 2 aromatic heterocycles. The first-order valence-electron chi connectivity index (χ1n) is 17.9. The monoisotopic (exact) mass is 675 g/mol. The third-order valence-corrected chi connectivity index (χ3v) is 10.5. The molecular formula is C49H29N3O. The van der Waals surface area contributed by atoms with E-state index in [1.54, 1.807) is 0 Å². The second kappa shape index (κ2) is 11.7. The number of furan rings is 1. The molecule has 9 aromatic carbocycles. The molecule has 0 aliphatic heterocycles. The Labute approximate surface area is 304 Å². The summed E-state index contributed by atoms with van der Waals surface area (Å²) in [6.07, 6.45) is 0. The van der Waals surface area contributed by atoms with Crippen molar-refractivity contribution in [3.63, 3.8) is 0 Å². The van der Waals surface area contributed by atoms with Gasteiger partial charge >= 0.3 is 0 Å². The maximum atomic E-state index is 6.81. The summed E-state index contributed by atoms with van der Waals surface area (Å²) in [6, 6.07) is 61.6. The van der Waals surface area contributed by atoms with Gasteiger partial charge in [-0.15, -0.1) is 0 Å². The van der Waals surface area contributed by atoms with Gasteiger partial charge < -0.3 is 4.42 Å². The summed E-state index contributed by atoms with van der Waals surface area (Å²) in [5.41, 5.74) is 6.58. The van der Waals surface area contributed by atoms with Crippen LogP contribution in [0.1, 0.15) is 0 Å². The minimum Gasteiger partial charge on any atom is -0.455 e. The Morgan fingerprint density at radius 1 is 0.321 bits per heavy atom. The summed E-state index contributed by atoms with van der Waals surface area (Å²) < 4.78 is 6.81. The predicted octanol–water partition coefficient (Wildman–Crippen LogP) is 13.1. The van der Waals surface area contributed by atoms with Gasteiger partial charge in [-0.25, -0.2) is 15.0 Å². The smallest absolute Gasteiger partial charge is 0.164 e. The first-order chi connectivity index (χ1) is 26.3. The first-order valence-corrected chi connectivity index (χ1v) is 17.9. The second-order valence-corrected chi connectivity index (χ2v) is 13.5.